The van der Waals surface area contributed by atoms with Crippen LogP contribution in [0.1, 0.15) is 38.7 Å². The first-order chi connectivity index (χ1) is 10.0. The number of rotatable bonds is 3. The Labute approximate surface area is 131 Å². The van der Waals surface area contributed by atoms with Crippen molar-refractivity contribution in [3.05, 3.63) is 59.1 Å². The molecule has 0 bridgehead atoms. The molecule has 0 saturated carbocycles. The highest BCUT2D eigenvalue weighted by Crippen LogP contribution is 2.43. The summed E-state index contributed by atoms with van der Waals surface area (Å²) >= 11 is 6.03. The van der Waals surface area contributed by atoms with Crippen LogP contribution in [-0.4, -0.2) is 9.55 Å². The van der Waals surface area contributed by atoms with Gasteiger partial charge in [-0.1, -0.05) is 37.6 Å². The van der Waals surface area contributed by atoms with Gasteiger partial charge in [0, 0.05) is 24.0 Å². The normalized spacial score (nSPS) is 18.0. The minimum absolute atomic E-state index is 0.368. The summed E-state index contributed by atoms with van der Waals surface area (Å²) in [5.74, 6) is 0. The average Bonchev–Trinajstić information content (AvgIpc) is 2.94. The van der Waals surface area contributed by atoms with Crippen LogP contribution in [0.3, 0.4) is 0 Å². The molecule has 0 N–H and O–H groups in total. The Morgan fingerprint density at radius 3 is 2.67 bits per heavy atom. The second kappa shape index (κ2) is 5.69. The molecule has 2 aromatic rings. The van der Waals surface area contributed by atoms with E-state index in [9.17, 15) is 0 Å². The number of aromatic nitrogens is 2. The van der Waals surface area contributed by atoms with Crippen molar-refractivity contribution >= 4 is 17.2 Å². The molecule has 0 saturated heterocycles. The summed E-state index contributed by atoms with van der Waals surface area (Å²) in [6, 6.07) is 8.26. The van der Waals surface area contributed by atoms with Gasteiger partial charge in [0.05, 0.1) is 6.33 Å². The molecular formula is C18H21ClN2. The summed E-state index contributed by atoms with van der Waals surface area (Å²) in [6.45, 7) is 5.65. The summed E-state index contributed by atoms with van der Waals surface area (Å²) in [5.41, 5.74) is 4.68. The zero-order valence-electron chi connectivity index (χ0n) is 12.6. The Morgan fingerprint density at radius 1 is 1.24 bits per heavy atom. The smallest absolute Gasteiger partial charge is 0.0948 e. The summed E-state index contributed by atoms with van der Waals surface area (Å²) in [4.78, 5) is 4.15. The highest BCUT2D eigenvalue weighted by Gasteiger charge is 2.27. The Bertz CT molecular complexity index is 636. The predicted molar refractivity (Wildman–Crippen MR) is 88.2 cm³/mol. The van der Waals surface area contributed by atoms with Gasteiger partial charge < -0.3 is 4.57 Å². The fraction of sp³-hybridized carbons (Fsp3) is 0.389. The van der Waals surface area contributed by atoms with Gasteiger partial charge in [-0.05, 0) is 53.5 Å². The first-order valence-electron chi connectivity index (χ1n) is 7.46. The number of benzene rings is 1. The first kappa shape index (κ1) is 14.4. The van der Waals surface area contributed by atoms with Crippen LogP contribution in [0.2, 0.25) is 5.02 Å². The molecular weight excluding hydrogens is 280 g/mol. The van der Waals surface area contributed by atoms with Crippen molar-refractivity contribution < 1.29 is 0 Å². The van der Waals surface area contributed by atoms with E-state index in [1.807, 2.05) is 30.9 Å². The van der Waals surface area contributed by atoms with Crippen molar-refractivity contribution in [1.29, 1.82) is 0 Å². The number of hydrogen-bond acceptors (Lipinski definition) is 1. The van der Waals surface area contributed by atoms with Crippen molar-refractivity contribution in [2.24, 2.45) is 5.41 Å². The predicted octanol–water partition coefficient (Wildman–Crippen LogP) is 5.20. The molecule has 1 aliphatic rings. The van der Waals surface area contributed by atoms with Gasteiger partial charge in [-0.25, -0.2) is 4.98 Å². The van der Waals surface area contributed by atoms with Crippen LogP contribution >= 0.6 is 11.6 Å². The standard InChI is InChI=1S/C18H21ClN2/c1-18(2)8-7-15(12-21-10-9-20-13-21)17(11-18)14-3-5-16(19)6-4-14/h3-6,9-10,13H,7-8,11-12H2,1-2H3. The fourth-order valence-electron chi connectivity index (χ4n) is 3.06. The van der Waals surface area contributed by atoms with E-state index in [4.69, 9.17) is 11.6 Å². The third-order valence-electron chi connectivity index (χ3n) is 4.31. The second-order valence-corrected chi connectivity index (χ2v) is 7.10. The van der Waals surface area contributed by atoms with Crippen molar-refractivity contribution in [3.8, 4) is 0 Å². The zero-order chi connectivity index (χ0) is 14.9. The van der Waals surface area contributed by atoms with E-state index in [0.29, 0.717) is 5.41 Å². The van der Waals surface area contributed by atoms with Crippen LogP contribution in [0.4, 0.5) is 0 Å². The lowest BCUT2D eigenvalue weighted by molar-refractivity contribution is 0.328. The summed E-state index contributed by atoms with van der Waals surface area (Å²) < 4.78 is 2.16. The van der Waals surface area contributed by atoms with Gasteiger partial charge in [0.15, 0.2) is 0 Å². The molecule has 3 heteroatoms. The molecule has 0 unspecified atom stereocenters. The molecule has 1 aromatic carbocycles. The van der Waals surface area contributed by atoms with Crippen LogP contribution in [0.15, 0.2) is 48.6 Å². The number of halogens is 1. The van der Waals surface area contributed by atoms with E-state index < -0.39 is 0 Å². The van der Waals surface area contributed by atoms with Crippen molar-refractivity contribution in [1.82, 2.24) is 9.55 Å². The summed E-state index contributed by atoms with van der Waals surface area (Å²) in [6.07, 6.45) is 9.30. The van der Waals surface area contributed by atoms with E-state index in [1.54, 1.807) is 0 Å². The molecule has 0 amide bonds. The number of hydrogen-bond donors (Lipinski definition) is 0. The molecule has 2 nitrogen and oxygen atoms in total. The van der Waals surface area contributed by atoms with Crippen LogP contribution in [0.25, 0.3) is 5.57 Å². The minimum atomic E-state index is 0.368. The molecule has 0 fully saturated rings. The summed E-state index contributed by atoms with van der Waals surface area (Å²) in [7, 11) is 0. The molecule has 0 radical (unpaired) electrons. The lowest BCUT2D eigenvalue weighted by atomic mass is 9.72. The van der Waals surface area contributed by atoms with Gasteiger partial charge >= 0.3 is 0 Å². The largest absolute Gasteiger partial charge is 0.333 e. The average molecular weight is 301 g/mol. The third-order valence-corrected chi connectivity index (χ3v) is 4.56. The number of nitrogens with zero attached hydrogens (tertiary/aromatic N) is 2. The highest BCUT2D eigenvalue weighted by molar-refractivity contribution is 6.30. The maximum atomic E-state index is 6.03. The van der Waals surface area contributed by atoms with E-state index >= 15 is 0 Å². The maximum absolute atomic E-state index is 6.03. The monoisotopic (exact) mass is 300 g/mol. The summed E-state index contributed by atoms with van der Waals surface area (Å²) in [5, 5.41) is 0.797. The van der Waals surface area contributed by atoms with Crippen molar-refractivity contribution in [3.63, 3.8) is 0 Å². The molecule has 0 spiro atoms. The lowest BCUT2D eigenvalue weighted by Gasteiger charge is -2.33. The zero-order valence-corrected chi connectivity index (χ0v) is 13.4. The molecule has 0 aliphatic heterocycles. The molecule has 3 rings (SSSR count). The van der Waals surface area contributed by atoms with Gasteiger partial charge in [-0.3, -0.25) is 0 Å². The topological polar surface area (TPSA) is 17.8 Å². The minimum Gasteiger partial charge on any atom is -0.333 e. The molecule has 1 aliphatic carbocycles. The van der Waals surface area contributed by atoms with E-state index in [2.05, 4.69) is 35.5 Å². The van der Waals surface area contributed by atoms with Crippen LogP contribution in [-0.2, 0) is 6.54 Å². The van der Waals surface area contributed by atoms with Gasteiger partial charge in [-0.2, -0.15) is 0 Å². The highest BCUT2D eigenvalue weighted by atomic mass is 35.5. The van der Waals surface area contributed by atoms with E-state index in [-0.39, 0.29) is 0 Å². The quantitative estimate of drug-likeness (QED) is 0.761. The third kappa shape index (κ3) is 3.38. The first-order valence-corrected chi connectivity index (χ1v) is 7.84. The Balaban J connectivity index is 1.98. The van der Waals surface area contributed by atoms with E-state index in [0.717, 1.165) is 24.4 Å². The van der Waals surface area contributed by atoms with Gasteiger partial charge in [0.2, 0.25) is 0 Å². The number of allylic oxidation sites excluding steroid dienone is 2. The Hall–Kier alpha value is -1.54. The molecule has 21 heavy (non-hydrogen) atoms. The van der Waals surface area contributed by atoms with Crippen LogP contribution in [0.5, 0.6) is 0 Å². The second-order valence-electron chi connectivity index (χ2n) is 6.67. The van der Waals surface area contributed by atoms with E-state index in [1.165, 1.54) is 23.1 Å². The Morgan fingerprint density at radius 2 is 2.00 bits per heavy atom. The van der Waals surface area contributed by atoms with Gasteiger partial charge in [0.1, 0.15) is 0 Å². The van der Waals surface area contributed by atoms with Gasteiger partial charge in [-0.15, -0.1) is 0 Å². The van der Waals surface area contributed by atoms with Crippen LogP contribution < -0.4 is 0 Å². The molecule has 1 heterocycles. The fourth-order valence-corrected chi connectivity index (χ4v) is 3.19. The maximum Gasteiger partial charge on any atom is 0.0948 e. The number of imidazole rings is 1. The lowest BCUT2D eigenvalue weighted by Crippen LogP contribution is -2.19. The molecule has 1 aromatic heterocycles. The SMILES string of the molecule is CC1(C)CCC(Cn2ccnc2)=C(c2ccc(Cl)cc2)C1. The van der Waals surface area contributed by atoms with Gasteiger partial charge in [0.25, 0.3) is 0 Å². The van der Waals surface area contributed by atoms with Crippen LogP contribution in [0, 0.1) is 5.41 Å². The van der Waals surface area contributed by atoms with Crippen molar-refractivity contribution in [2.45, 2.75) is 39.7 Å². The van der Waals surface area contributed by atoms with Crippen molar-refractivity contribution in [2.75, 3.05) is 0 Å². The Kier molecular flexibility index (Phi) is 3.90. The molecule has 110 valence electrons. The molecule has 0 atom stereocenters.